The van der Waals surface area contributed by atoms with Crippen LogP contribution in [0.3, 0.4) is 0 Å². The number of aliphatic hydroxyl groups is 1. The fourth-order valence-corrected chi connectivity index (χ4v) is 2.40. The summed E-state index contributed by atoms with van der Waals surface area (Å²) in [5.74, 6) is 0.170. The third-order valence-electron chi connectivity index (χ3n) is 3.38. The zero-order valence-corrected chi connectivity index (χ0v) is 10.6. The van der Waals surface area contributed by atoms with Crippen LogP contribution in [-0.4, -0.2) is 39.8 Å². The van der Waals surface area contributed by atoms with Crippen LogP contribution in [0.2, 0.25) is 0 Å². The van der Waals surface area contributed by atoms with Crippen LogP contribution >= 0.6 is 0 Å². The van der Waals surface area contributed by atoms with Crippen molar-refractivity contribution in [2.75, 3.05) is 19.0 Å². The number of hydrogen-bond donors (Lipinski definition) is 2. The maximum absolute atomic E-state index is 11.1. The summed E-state index contributed by atoms with van der Waals surface area (Å²) in [4.78, 5) is 18.2. The van der Waals surface area contributed by atoms with Gasteiger partial charge in [0.05, 0.1) is 12.0 Å². The molecule has 1 aromatic heterocycles. The monoisotopic (exact) mass is 268 g/mol. The summed E-state index contributed by atoms with van der Waals surface area (Å²) in [5.41, 5.74) is -0.270. The highest BCUT2D eigenvalue weighted by atomic mass is 16.6. The van der Waals surface area contributed by atoms with Gasteiger partial charge in [0.1, 0.15) is 6.33 Å². The average Bonchev–Trinajstić information content (AvgIpc) is 2.85. The molecular formula is C11H16N4O4. The molecule has 0 aliphatic heterocycles. The van der Waals surface area contributed by atoms with Gasteiger partial charge in [-0.25, -0.2) is 4.98 Å². The van der Waals surface area contributed by atoms with E-state index in [0.29, 0.717) is 0 Å². The maximum Gasteiger partial charge on any atom is 0.372 e. The molecule has 1 saturated carbocycles. The smallest absolute Gasteiger partial charge is 0.372 e. The molecule has 8 nitrogen and oxygen atoms in total. The lowest BCUT2D eigenvalue weighted by molar-refractivity contribution is -0.385. The van der Waals surface area contributed by atoms with Crippen LogP contribution in [-0.2, 0) is 0 Å². The van der Waals surface area contributed by atoms with Crippen molar-refractivity contribution in [3.63, 3.8) is 0 Å². The number of hydrogen-bond acceptors (Lipinski definition) is 7. The van der Waals surface area contributed by atoms with Crippen molar-refractivity contribution in [2.45, 2.75) is 25.3 Å². The molecule has 104 valence electrons. The van der Waals surface area contributed by atoms with Crippen LogP contribution in [0.5, 0.6) is 5.88 Å². The van der Waals surface area contributed by atoms with Crippen molar-refractivity contribution < 1.29 is 14.8 Å². The first-order chi connectivity index (χ1) is 9.17. The van der Waals surface area contributed by atoms with Gasteiger partial charge in [0.2, 0.25) is 5.82 Å². The zero-order valence-electron chi connectivity index (χ0n) is 10.6. The van der Waals surface area contributed by atoms with E-state index in [4.69, 9.17) is 4.74 Å². The number of aliphatic hydroxyl groups excluding tert-OH is 1. The molecule has 0 radical (unpaired) electrons. The number of nitrogens with one attached hydrogen (secondary N) is 1. The van der Waals surface area contributed by atoms with Crippen molar-refractivity contribution in [1.29, 1.82) is 0 Å². The Bertz CT molecular complexity index is 468. The molecule has 1 heterocycles. The predicted octanol–water partition coefficient (Wildman–Crippen LogP) is 0.966. The summed E-state index contributed by atoms with van der Waals surface area (Å²) >= 11 is 0. The van der Waals surface area contributed by atoms with Crippen molar-refractivity contribution in [3.8, 4) is 5.88 Å². The first kappa shape index (κ1) is 13.5. The quantitative estimate of drug-likeness (QED) is 0.604. The third kappa shape index (κ3) is 2.73. The topological polar surface area (TPSA) is 110 Å². The Balaban J connectivity index is 2.27. The summed E-state index contributed by atoms with van der Waals surface area (Å²) in [6.07, 6.45) is 3.97. The Morgan fingerprint density at radius 2 is 2.37 bits per heavy atom. The molecule has 2 unspecified atom stereocenters. The average molecular weight is 268 g/mol. The van der Waals surface area contributed by atoms with Gasteiger partial charge >= 0.3 is 5.69 Å². The van der Waals surface area contributed by atoms with Gasteiger partial charge in [0.15, 0.2) is 0 Å². The Labute approximate surface area is 110 Å². The summed E-state index contributed by atoms with van der Waals surface area (Å²) in [7, 11) is 1.32. The Morgan fingerprint density at radius 1 is 1.58 bits per heavy atom. The van der Waals surface area contributed by atoms with Crippen LogP contribution in [0, 0.1) is 16.0 Å². The molecule has 1 aromatic rings. The van der Waals surface area contributed by atoms with E-state index >= 15 is 0 Å². The van der Waals surface area contributed by atoms with Crippen LogP contribution in [0.25, 0.3) is 0 Å². The predicted molar refractivity (Wildman–Crippen MR) is 67.1 cm³/mol. The minimum atomic E-state index is -0.565. The van der Waals surface area contributed by atoms with E-state index < -0.39 is 4.92 Å². The lowest BCUT2D eigenvalue weighted by Gasteiger charge is -2.19. The highest BCUT2D eigenvalue weighted by Crippen LogP contribution is 2.34. The van der Waals surface area contributed by atoms with E-state index in [1.54, 1.807) is 0 Å². The van der Waals surface area contributed by atoms with E-state index in [2.05, 4.69) is 15.3 Å². The van der Waals surface area contributed by atoms with Gasteiger partial charge < -0.3 is 15.2 Å². The molecule has 19 heavy (non-hydrogen) atoms. The van der Waals surface area contributed by atoms with E-state index in [-0.39, 0.29) is 36.0 Å². The number of nitro groups is 1. The lowest BCUT2D eigenvalue weighted by Crippen LogP contribution is -2.27. The van der Waals surface area contributed by atoms with E-state index in [1.165, 1.54) is 13.4 Å². The number of anilines is 1. The lowest BCUT2D eigenvalue weighted by atomic mass is 10.1. The number of rotatable bonds is 5. The molecule has 0 aromatic carbocycles. The molecule has 2 atom stereocenters. The number of nitrogens with zero attached hydrogens (tertiary/aromatic N) is 3. The van der Waals surface area contributed by atoms with Crippen molar-refractivity contribution in [2.24, 2.45) is 5.92 Å². The molecular weight excluding hydrogens is 252 g/mol. The maximum atomic E-state index is 11.1. The summed E-state index contributed by atoms with van der Waals surface area (Å²) in [6, 6.07) is -0.0108. The minimum absolute atomic E-state index is 0.0108. The summed E-state index contributed by atoms with van der Waals surface area (Å²) in [5, 5.41) is 23.4. The van der Waals surface area contributed by atoms with Crippen LogP contribution in [0.4, 0.5) is 11.5 Å². The molecule has 0 amide bonds. The highest BCUT2D eigenvalue weighted by molar-refractivity contribution is 5.61. The molecule has 2 rings (SSSR count). The van der Waals surface area contributed by atoms with Gasteiger partial charge in [-0.15, -0.1) is 0 Å². The molecule has 0 bridgehead atoms. The number of aromatic nitrogens is 2. The second-order valence-corrected chi connectivity index (χ2v) is 4.46. The van der Waals surface area contributed by atoms with Gasteiger partial charge in [-0.05, 0) is 12.8 Å². The second kappa shape index (κ2) is 5.79. The summed E-state index contributed by atoms with van der Waals surface area (Å²) < 4.78 is 4.88. The first-order valence-corrected chi connectivity index (χ1v) is 6.08. The minimum Gasteiger partial charge on any atom is -0.476 e. The summed E-state index contributed by atoms with van der Waals surface area (Å²) in [6.45, 7) is 0.0632. The van der Waals surface area contributed by atoms with Gasteiger partial charge in [-0.3, -0.25) is 10.1 Å². The number of ether oxygens (including phenoxy) is 1. The number of methoxy groups -OCH3 is 1. The van der Waals surface area contributed by atoms with E-state index in [9.17, 15) is 15.2 Å². The Morgan fingerprint density at radius 3 is 3.00 bits per heavy atom. The van der Waals surface area contributed by atoms with Crippen LogP contribution < -0.4 is 10.1 Å². The molecule has 1 aliphatic rings. The largest absolute Gasteiger partial charge is 0.476 e. The Kier molecular flexibility index (Phi) is 4.10. The standard InChI is InChI=1S/C11H16N4O4/c1-19-11-9(15(17)18)10(12-6-13-11)14-8-4-2-3-7(8)5-16/h6-8,16H,2-5H2,1H3,(H,12,13,14). The third-order valence-corrected chi connectivity index (χ3v) is 3.38. The second-order valence-electron chi connectivity index (χ2n) is 4.46. The van der Waals surface area contributed by atoms with Crippen LogP contribution in [0.15, 0.2) is 6.33 Å². The zero-order chi connectivity index (χ0) is 13.8. The van der Waals surface area contributed by atoms with Crippen molar-refractivity contribution in [3.05, 3.63) is 16.4 Å². The fraction of sp³-hybridized carbons (Fsp3) is 0.636. The molecule has 0 spiro atoms. The van der Waals surface area contributed by atoms with Gasteiger partial charge in [0.25, 0.3) is 5.88 Å². The van der Waals surface area contributed by atoms with Crippen molar-refractivity contribution >= 4 is 11.5 Å². The molecule has 8 heteroatoms. The SMILES string of the molecule is COc1ncnc(NC2CCCC2CO)c1[N+](=O)[O-]. The first-order valence-electron chi connectivity index (χ1n) is 6.08. The molecule has 1 aliphatic carbocycles. The molecule has 2 N–H and O–H groups in total. The van der Waals surface area contributed by atoms with E-state index in [1.807, 2.05) is 0 Å². The van der Waals surface area contributed by atoms with Gasteiger partial charge in [-0.2, -0.15) is 4.98 Å². The Hall–Kier alpha value is -1.96. The van der Waals surface area contributed by atoms with Crippen molar-refractivity contribution in [1.82, 2.24) is 9.97 Å². The normalized spacial score (nSPS) is 22.2. The van der Waals surface area contributed by atoms with Gasteiger partial charge in [0, 0.05) is 18.6 Å². The molecule has 1 fully saturated rings. The highest BCUT2D eigenvalue weighted by Gasteiger charge is 2.31. The van der Waals surface area contributed by atoms with E-state index in [0.717, 1.165) is 19.3 Å². The van der Waals surface area contributed by atoms with Crippen LogP contribution in [0.1, 0.15) is 19.3 Å². The molecule has 0 saturated heterocycles. The fourth-order valence-electron chi connectivity index (χ4n) is 2.40. The van der Waals surface area contributed by atoms with Gasteiger partial charge in [-0.1, -0.05) is 6.42 Å².